The Morgan fingerprint density at radius 2 is 1.69 bits per heavy atom. The van der Waals surface area contributed by atoms with Crippen molar-refractivity contribution in [3.8, 4) is 5.75 Å². The fourth-order valence-corrected chi connectivity index (χ4v) is 1.69. The van der Waals surface area contributed by atoms with E-state index >= 15 is 0 Å². The van der Waals surface area contributed by atoms with Gasteiger partial charge in [-0.25, -0.2) is 0 Å². The number of fused-ring (bicyclic) bond motifs is 1. The van der Waals surface area contributed by atoms with Crippen LogP contribution in [0.25, 0.3) is 10.8 Å². The standard InChI is InChI=1S/C10H6Cl2O/c11-9-7-4-2-1-3-6(7)5-8(13)10(9)12/h1-5,13H. The summed E-state index contributed by atoms with van der Waals surface area (Å²) in [6, 6.07) is 9.09. The Balaban J connectivity index is 2.94. The number of phenolic OH excluding ortho intramolecular Hbond substituents is 1. The van der Waals surface area contributed by atoms with Crippen LogP contribution in [-0.2, 0) is 0 Å². The molecule has 0 bridgehead atoms. The molecule has 0 spiro atoms. The van der Waals surface area contributed by atoms with E-state index in [0.29, 0.717) is 5.02 Å². The molecule has 13 heavy (non-hydrogen) atoms. The van der Waals surface area contributed by atoms with Crippen molar-refractivity contribution in [3.63, 3.8) is 0 Å². The van der Waals surface area contributed by atoms with Crippen LogP contribution in [0.4, 0.5) is 0 Å². The highest BCUT2D eigenvalue weighted by Crippen LogP contribution is 2.37. The smallest absolute Gasteiger partial charge is 0.136 e. The van der Waals surface area contributed by atoms with Crippen molar-refractivity contribution in [1.82, 2.24) is 0 Å². The van der Waals surface area contributed by atoms with E-state index in [2.05, 4.69) is 0 Å². The zero-order chi connectivity index (χ0) is 9.42. The molecule has 2 rings (SSSR count). The molecule has 3 heteroatoms. The number of hydrogen-bond acceptors (Lipinski definition) is 1. The lowest BCUT2D eigenvalue weighted by atomic mass is 10.1. The summed E-state index contributed by atoms with van der Waals surface area (Å²) in [5.74, 6) is 0.0189. The van der Waals surface area contributed by atoms with Crippen molar-refractivity contribution in [2.24, 2.45) is 0 Å². The maximum Gasteiger partial charge on any atom is 0.136 e. The van der Waals surface area contributed by atoms with E-state index in [1.165, 1.54) is 0 Å². The molecule has 0 aliphatic carbocycles. The third kappa shape index (κ3) is 1.34. The average molecular weight is 213 g/mol. The molecule has 0 heterocycles. The quantitative estimate of drug-likeness (QED) is 0.704. The van der Waals surface area contributed by atoms with Gasteiger partial charge in [-0.1, -0.05) is 47.5 Å². The first-order valence-electron chi connectivity index (χ1n) is 3.76. The molecule has 0 aliphatic rings. The summed E-state index contributed by atoms with van der Waals surface area (Å²) in [5.41, 5.74) is 0. The summed E-state index contributed by atoms with van der Waals surface area (Å²) >= 11 is 11.7. The summed E-state index contributed by atoms with van der Waals surface area (Å²) in [7, 11) is 0. The van der Waals surface area contributed by atoms with Crippen molar-refractivity contribution >= 4 is 34.0 Å². The van der Waals surface area contributed by atoms with Crippen LogP contribution in [0.5, 0.6) is 5.75 Å². The Hall–Kier alpha value is -0.920. The first-order chi connectivity index (χ1) is 6.20. The molecular weight excluding hydrogens is 207 g/mol. The zero-order valence-electron chi connectivity index (χ0n) is 6.59. The molecule has 0 amide bonds. The van der Waals surface area contributed by atoms with Crippen LogP contribution in [0.15, 0.2) is 30.3 Å². The van der Waals surface area contributed by atoms with Gasteiger partial charge >= 0.3 is 0 Å². The maximum absolute atomic E-state index is 9.38. The van der Waals surface area contributed by atoms with Gasteiger partial charge in [-0.2, -0.15) is 0 Å². The van der Waals surface area contributed by atoms with Crippen LogP contribution in [0.2, 0.25) is 10.0 Å². The van der Waals surface area contributed by atoms with Crippen molar-refractivity contribution in [2.75, 3.05) is 0 Å². The molecule has 0 saturated heterocycles. The highest BCUT2D eigenvalue weighted by atomic mass is 35.5. The van der Waals surface area contributed by atoms with Gasteiger partial charge in [0.15, 0.2) is 0 Å². The number of benzene rings is 2. The van der Waals surface area contributed by atoms with Gasteiger partial charge in [0.05, 0.1) is 5.02 Å². The Labute approximate surface area is 85.5 Å². The molecular formula is C10H6Cl2O. The predicted molar refractivity (Wildman–Crippen MR) is 55.6 cm³/mol. The Bertz CT molecular complexity index is 466. The van der Waals surface area contributed by atoms with Crippen molar-refractivity contribution in [1.29, 1.82) is 0 Å². The van der Waals surface area contributed by atoms with Gasteiger partial charge in [-0.3, -0.25) is 0 Å². The van der Waals surface area contributed by atoms with Crippen molar-refractivity contribution in [2.45, 2.75) is 0 Å². The number of aromatic hydroxyl groups is 1. The fourth-order valence-electron chi connectivity index (χ4n) is 1.26. The lowest BCUT2D eigenvalue weighted by molar-refractivity contribution is 0.476. The second-order valence-corrected chi connectivity index (χ2v) is 3.50. The first kappa shape index (κ1) is 8.67. The van der Waals surface area contributed by atoms with Gasteiger partial charge in [0, 0.05) is 5.39 Å². The molecule has 1 N–H and O–H groups in total. The normalized spacial score (nSPS) is 10.6. The first-order valence-corrected chi connectivity index (χ1v) is 4.51. The molecule has 0 saturated carbocycles. The minimum absolute atomic E-state index is 0.0189. The topological polar surface area (TPSA) is 20.2 Å². The molecule has 0 fully saturated rings. The maximum atomic E-state index is 9.38. The van der Waals surface area contributed by atoms with Crippen LogP contribution < -0.4 is 0 Å². The van der Waals surface area contributed by atoms with Crippen LogP contribution >= 0.6 is 23.2 Å². The minimum Gasteiger partial charge on any atom is -0.506 e. The fraction of sp³-hybridized carbons (Fsp3) is 0. The Kier molecular flexibility index (Phi) is 2.06. The van der Waals surface area contributed by atoms with Crippen LogP contribution in [0.3, 0.4) is 0 Å². The van der Waals surface area contributed by atoms with Crippen LogP contribution in [0, 0.1) is 0 Å². The molecule has 1 nitrogen and oxygen atoms in total. The number of hydrogen-bond donors (Lipinski definition) is 1. The predicted octanol–water partition coefficient (Wildman–Crippen LogP) is 3.85. The van der Waals surface area contributed by atoms with E-state index in [9.17, 15) is 5.11 Å². The molecule has 0 aliphatic heterocycles. The van der Waals surface area contributed by atoms with E-state index in [1.807, 2.05) is 24.3 Å². The molecule has 2 aromatic carbocycles. The summed E-state index contributed by atoms with van der Waals surface area (Å²) in [6.45, 7) is 0. The number of rotatable bonds is 0. The molecule has 0 aromatic heterocycles. The van der Waals surface area contributed by atoms with Gasteiger partial charge in [0.1, 0.15) is 10.8 Å². The van der Waals surface area contributed by atoms with Gasteiger partial charge < -0.3 is 5.11 Å². The molecule has 66 valence electrons. The molecule has 0 atom stereocenters. The Morgan fingerprint density at radius 1 is 1.00 bits per heavy atom. The zero-order valence-corrected chi connectivity index (χ0v) is 8.10. The van der Waals surface area contributed by atoms with Gasteiger partial charge in [0.2, 0.25) is 0 Å². The van der Waals surface area contributed by atoms with E-state index < -0.39 is 0 Å². The molecule has 0 unspecified atom stereocenters. The average Bonchev–Trinajstić information content (AvgIpc) is 2.15. The largest absolute Gasteiger partial charge is 0.506 e. The number of halogens is 2. The lowest BCUT2D eigenvalue weighted by Gasteiger charge is -2.04. The third-order valence-electron chi connectivity index (χ3n) is 1.91. The highest BCUT2D eigenvalue weighted by Gasteiger charge is 2.07. The van der Waals surface area contributed by atoms with E-state index in [-0.39, 0.29) is 10.8 Å². The van der Waals surface area contributed by atoms with Crippen LogP contribution in [-0.4, -0.2) is 5.11 Å². The van der Waals surface area contributed by atoms with E-state index in [0.717, 1.165) is 10.8 Å². The molecule has 0 radical (unpaired) electrons. The summed E-state index contributed by atoms with van der Waals surface area (Å²) in [6.07, 6.45) is 0. The van der Waals surface area contributed by atoms with Crippen LogP contribution in [0.1, 0.15) is 0 Å². The monoisotopic (exact) mass is 212 g/mol. The minimum atomic E-state index is 0.0189. The number of phenols is 1. The molecule has 2 aromatic rings. The second kappa shape index (κ2) is 3.09. The summed E-state index contributed by atoms with van der Waals surface area (Å²) in [4.78, 5) is 0. The van der Waals surface area contributed by atoms with Gasteiger partial charge in [-0.05, 0) is 11.5 Å². The van der Waals surface area contributed by atoms with Crippen molar-refractivity contribution in [3.05, 3.63) is 40.4 Å². The SMILES string of the molecule is Oc1cc2ccccc2c(Cl)c1Cl. The van der Waals surface area contributed by atoms with E-state index in [1.54, 1.807) is 6.07 Å². The second-order valence-electron chi connectivity index (χ2n) is 2.74. The summed E-state index contributed by atoms with van der Waals surface area (Å²) < 4.78 is 0. The summed E-state index contributed by atoms with van der Waals surface area (Å²) in [5, 5.41) is 11.7. The Morgan fingerprint density at radius 3 is 2.46 bits per heavy atom. The van der Waals surface area contributed by atoms with E-state index in [4.69, 9.17) is 23.2 Å². The van der Waals surface area contributed by atoms with Gasteiger partial charge in [0.25, 0.3) is 0 Å². The van der Waals surface area contributed by atoms with Gasteiger partial charge in [-0.15, -0.1) is 0 Å². The third-order valence-corrected chi connectivity index (χ3v) is 2.78. The van der Waals surface area contributed by atoms with Crippen molar-refractivity contribution < 1.29 is 5.11 Å². The highest BCUT2D eigenvalue weighted by molar-refractivity contribution is 6.46. The lowest BCUT2D eigenvalue weighted by Crippen LogP contribution is -1.76.